The van der Waals surface area contributed by atoms with Gasteiger partial charge >= 0.3 is 0 Å². The van der Waals surface area contributed by atoms with Gasteiger partial charge in [0, 0.05) is 18.7 Å². The molecule has 3 aromatic rings. The number of nitrogens with zero attached hydrogens (tertiary/aromatic N) is 4. The molecule has 140 valence electrons. The molecule has 27 heavy (non-hydrogen) atoms. The lowest BCUT2D eigenvalue weighted by atomic mass is 10.1. The zero-order valence-corrected chi connectivity index (χ0v) is 15.9. The topological polar surface area (TPSA) is 75.6 Å². The van der Waals surface area contributed by atoms with Crippen LogP contribution in [-0.4, -0.2) is 33.5 Å². The fraction of sp³-hybridized carbons (Fsp3) is 0.300. The van der Waals surface area contributed by atoms with Crippen molar-refractivity contribution >= 4 is 23.2 Å². The van der Waals surface area contributed by atoms with E-state index in [0.29, 0.717) is 5.15 Å². The van der Waals surface area contributed by atoms with Gasteiger partial charge in [0.15, 0.2) is 5.15 Å². The van der Waals surface area contributed by atoms with Crippen molar-refractivity contribution in [2.45, 2.75) is 25.7 Å². The highest BCUT2D eigenvalue weighted by atomic mass is 35.5. The second kappa shape index (κ2) is 10.4. The van der Waals surface area contributed by atoms with Crippen LogP contribution in [-0.2, 0) is 0 Å². The molecule has 0 unspecified atom stereocenters. The molecule has 0 fully saturated rings. The predicted octanol–water partition coefficient (Wildman–Crippen LogP) is 4.67. The quantitative estimate of drug-likeness (QED) is 0.496. The van der Waals surface area contributed by atoms with Crippen LogP contribution in [0.4, 0.5) is 11.6 Å². The summed E-state index contributed by atoms with van der Waals surface area (Å²) in [5, 5.41) is 23.0. The van der Waals surface area contributed by atoms with Gasteiger partial charge in [-0.05, 0) is 36.6 Å². The highest BCUT2D eigenvalue weighted by Crippen LogP contribution is 2.19. The molecule has 0 amide bonds. The fourth-order valence-corrected chi connectivity index (χ4v) is 2.79. The maximum atomic E-state index is 5.71. The van der Waals surface area contributed by atoms with Crippen LogP contribution in [0.3, 0.4) is 0 Å². The number of hydrogen-bond donors (Lipinski definition) is 2. The fourth-order valence-electron chi connectivity index (χ4n) is 2.69. The summed E-state index contributed by atoms with van der Waals surface area (Å²) in [6.07, 6.45) is 6.29. The highest BCUT2D eigenvalue weighted by Gasteiger charge is 2.01. The zero-order valence-electron chi connectivity index (χ0n) is 15.1. The van der Waals surface area contributed by atoms with E-state index in [-0.39, 0.29) is 0 Å². The minimum atomic E-state index is 0.409. The number of rotatable bonds is 10. The van der Waals surface area contributed by atoms with Crippen LogP contribution in [0.15, 0.2) is 54.7 Å². The zero-order chi connectivity index (χ0) is 18.7. The van der Waals surface area contributed by atoms with E-state index < -0.39 is 0 Å². The molecule has 7 heteroatoms. The number of hydrogen-bond acceptors (Lipinski definition) is 6. The van der Waals surface area contributed by atoms with Crippen LogP contribution in [0.25, 0.3) is 11.1 Å². The largest absolute Gasteiger partial charge is 0.369 e. The lowest BCUT2D eigenvalue weighted by Gasteiger charge is -2.07. The lowest BCUT2D eigenvalue weighted by molar-refractivity contribution is 0.668. The minimum absolute atomic E-state index is 0.409. The average Bonchev–Trinajstić information content (AvgIpc) is 2.72. The molecule has 0 spiro atoms. The maximum Gasteiger partial charge on any atom is 0.151 e. The van der Waals surface area contributed by atoms with Crippen LogP contribution in [0, 0.1) is 0 Å². The Morgan fingerprint density at radius 3 is 2.15 bits per heavy atom. The van der Waals surface area contributed by atoms with E-state index in [1.807, 2.05) is 30.3 Å². The molecule has 2 aromatic heterocycles. The summed E-state index contributed by atoms with van der Waals surface area (Å²) in [6.45, 7) is 1.78. The first kappa shape index (κ1) is 19.0. The molecule has 0 aliphatic rings. The van der Waals surface area contributed by atoms with Crippen LogP contribution < -0.4 is 10.6 Å². The van der Waals surface area contributed by atoms with Gasteiger partial charge in [0.1, 0.15) is 11.6 Å². The Bertz CT molecular complexity index is 810. The molecule has 3 rings (SSSR count). The highest BCUT2D eigenvalue weighted by molar-refractivity contribution is 6.29. The third-order valence-electron chi connectivity index (χ3n) is 4.11. The number of nitrogens with one attached hydrogen (secondary N) is 2. The van der Waals surface area contributed by atoms with Gasteiger partial charge in [-0.2, -0.15) is 5.10 Å². The molecule has 0 atom stereocenters. The van der Waals surface area contributed by atoms with Crippen molar-refractivity contribution < 1.29 is 0 Å². The van der Waals surface area contributed by atoms with Crippen molar-refractivity contribution in [3.8, 4) is 11.1 Å². The van der Waals surface area contributed by atoms with Crippen molar-refractivity contribution in [3.63, 3.8) is 0 Å². The van der Waals surface area contributed by atoms with Crippen LogP contribution in [0.2, 0.25) is 5.15 Å². The van der Waals surface area contributed by atoms with E-state index in [9.17, 15) is 0 Å². The molecule has 6 nitrogen and oxygen atoms in total. The normalized spacial score (nSPS) is 10.6. The third kappa shape index (κ3) is 6.49. The Morgan fingerprint density at radius 1 is 0.704 bits per heavy atom. The van der Waals surface area contributed by atoms with Crippen LogP contribution in [0.5, 0.6) is 0 Å². The summed E-state index contributed by atoms with van der Waals surface area (Å²) < 4.78 is 0. The summed E-state index contributed by atoms with van der Waals surface area (Å²) in [5.41, 5.74) is 2.22. The Hall–Kier alpha value is -2.73. The number of anilines is 2. The van der Waals surface area contributed by atoms with Crippen molar-refractivity contribution in [2.75, 3.05) is 23.7 Å². The van der Waals surface area contributed by atoms with Gasteiger partial charge in [0.25, 0.3) is 0 Å². The number of halogens is 1. The Kier molecular flexibility index (Phi) is 7.35. The maximum absolute atomic E-state index is 5.71. The van der Waals surface area contributed by atoms with Crippen molar-refractivity contribution in [2.24, 2.45) is 0 Å². The van der Waals surface area contributed by atoms with Crippen LogP contribution >= 0.6 is 11.6 Å². The summed E-state index contributed by atoms with van der Waals surface area (Å²) in [4.78, 5) is 0. The molecule has 2 N–H and O–H groups in total. The predicted molar refractivity (Wildman–Crippen MR) is 110 cm³/mol. The van der Waals surface area contributed by atoms with Gasteiger partial charge in [-0.25, -0.2) is 0 Å². The second-order valence-corrected chi connectivity index (χ2v) is 6.59. The molecular weight excluding hydrogens is 360 g/mol. The van der Waals surface area contributed by atoms with E-state index >= 15 is 0 Å². The molecule has 0 aliphatic carbocycles. The second-order valence-electron chi connectivity index (χ2n) is 6.20. The Labute approximate surface area is 164 Å². The molecule has 0 radical (unpaired) electrons. The first-order valence-electron chi connectivity index (χ1n) is 9.16. The SMILES string of the molecule is Clc1ccc(NCCCCCCNc2cc(-c3ccccc3)cnn2)nn1. The molecule has 1 aromatic carbocycles. The Balaban J connectivity index is 1.30. The van der Waals surface area contributed by atoms with Crippen LogP contribution in [0.1, 0.15) is 25.7 Å². The van der Waals surface area contributed by atoms with Gasteiger partial charge in [-0.15, -0.1) is 15.3 Å². The van der Waals surface area contributed by atoms with Gasteiger partial charge in [-0.3, -0.25) is 0 Å². The van der Waals surface area contributed by atoms with Crippen molar-refractivity contribution in [1.29, 1.82) is 0 Å². The van der Waals surface area contributed by atoms with E-state index in [0.717, 1.165) is 61.5 Å². The minimum Gasteiger partial charge on any atom is -0.369 e. The number of unbranched alkanes of at least 4 members (excludes halogenated alkanes) is 3. The first-order chi connectivity index (χ1) is 13.3. The number of aromatic nitrogens is 4. The van der Waals surface area contributed by atoms with Gasteiger partial charge < -0.3 is 10.6 Å². The molecule has 0 saturated carbocycles. The van der Waals surface area contributed by atoms with E-state index in [1.165, 1.54) is 0 Å². The van der Waals surface area contributed by atoms with Gasteiger partial charge in [0.2, 0.25) is 0 Å². The first-order valence-corrected chi connectivity index (χ1v) is 9.54. The monoisotopic (exact) mass is 382 g/mol. The van der Waals surface area contributed by atoms with Crippen molar-refractivity contribution in [3.05, 3.63) is 59.9 Å². The lowest BCUT2D eigenvalue weighted by Crippen LogP contribution is -2.06. The summed E-state index contributed by atoms with van der Waals surface area (Å²) >= 11 is 5.71. The number of benzene rings is 1. The van der Waals surface area contributed by atoms with Gasteiger partial charge in [0.05, 0.1) is 6.20 Å². The summed E-state index contributed by atoms with van der Waals surface area (Å²) in [6, 6.07) is 15.8. The van der Waals surface area contributed by atoms with Crippen molar-refractivity contribution in [1.82, 2.24) is 20.4 Å². The summed E-state index contributed by atoms with van der Waals surface area (Å²) in [7, 11) is 0. The van der Waals surface area contributed by atoms with Gasteiger partial charge in [-0.1, -0.05) is 54.8 Å². The molecule has 2 heterocycles. The Morgan fingerprint density at radius 2 is 1.44 bits per heavy atom. The third-order valence-corrected chi connectivity index (χ3v) is 4.31. The molecular formula is C20H23ClN6. The van der Waals surface area contributed by atoms with E-state index in [4.69, 9.17) is 11.6 Å². The smallest absolute Gasteiger partial charge is 0.151 e. The van der Waals surface area contributed by atoms with E-state index in [1.54, 1.807) is 12.3 Å². The summed E-state index contributed by atoms with van der Waals surface area (Å²) in [5.74, 6) is 1.58. The van der Waals surface area contributed by atoms with E-state index in [2.05, 4.69) is 43.2 Å². The average molecular weight is 383 g/mol. The molecule has 0 saturated heterocycles. The standard InChI is InChI=1S/C20H23ClN6/c21-18-10-11-19(27-25-18)22-12-6-1-2-7-13-23-20-14-17(15-24-26-20)16-8-4-3-5-9-16/h3-5,8-11,14-15H,1-2,6-7,12-13H2,(H,22,27)(H,23,26). The molecule has 0 aliphatic heterocycles. The molecule has 0 bridgehead atoms.